The summed E-state index contributed by atoms with van der Waals surface area (Å²) in [5.41, 5.74) is 2.46. The van der Waals surface area contributed by atoms with Gasteiger partial charge in [-0.15, -0.1) is 0 Å². The third kappa shape index (κ3) is 3.16. The standard InChI is InChI=1S/C14H10N4O6/c15-13-12(17(21)22)8-11(16(19)20)10(14(13)18(23)24)7-6-9-4-2-1-3-5-9/h1-8H,15H2. The van der Waals surface area contributed by atoms with Crippen LogP contribution >= 0.6 is 0 Å². The van der Waals surface area contributed by atoms with E-state index >= 15 is 0 Å². The van der Waals surface area contributed by atoms with Gasteiger partial charge in [0.25, 0.3) is 5.69 Å². The molecule has 0 aliphatic rings. The van der Waals surface area contributed by atoms with Gasteiger partial charge in [0.15, 0.2) is 5.69 Å². The molecule has 0 aliphatic carbocycles. The van der Waals surface area contributed by atoms with Gasteiger partial charge in [-0.3, -0.25) is 30.3 Å². The summed E-state index contributed by atoms with van der Waals surface area (Å²) in [7, 11) is 0. The predicted molar refractivity (Wildman–Crippen MR) is 86.2 cm³/mol. The van der Waals surface area contributed by atoms with Gasteiger partial charge in [-0.2, -0.15) is 0 Å². The third-order valence-corrected chi connectivity index (χ3v) is 3.15. The minimum Gasteiger partial charge on any atom is -0.387 e. The first kappa shape index (κ1) is 16.5. The number of hydrogen-bond acceptors (Lipinski definition) is 7. The predicted octanol–water partition coefficient (Wildman–Crippen LogP) is 3.16. The lowest BCUT2D eigenvalue weighted by Gasteiger charge is -2.04. The van der Waals surface area contributed by atoms with Crippen LogP contribution in [0.1, 0.15) is 11.1 Å². The van der Waals surface area contributed by atoms with Gasteiger partial charge in [0.05, 0.1) is 20.8 Å². The average Bonchev–Trinajstić information content (AvgIpc) is 2.52. The molecule has 0 aromatic heterocycles. The molecule has 24 heavy (non-hydrogen) atoms. The van der Waals surface area contributed by atoms with E-state index in [2.05, 4.69) is 0 Å². The van der Waals surface area contributed by atoms with Crippen molar-refractivity contribution < 1.29 is 14.8 Å². The summed E-state index contributed by atoms with van der Waals surface area (Å²) in [6.07, 6.45) is 2.56. The Morgan fingerprint density at radius 1 is 0.833 bits per heavy atom. The van der Waals surface area contributed by atoms with E-state index in [0.717, 1.165) is 6.08 Å². The summed E-state index contributed by atoms with van der Waals surface area (Å²) < 4.78 is 0. The van der Waals surface area contributed by atoms with E-state index in [4.69, 9.17) is 5.73 Å². The molecule has 0 spiro atoms. The largest absolute Gasteiger partial charge is 0.387 e. The number of nitro groups is 3. The highest BCUT2D eigenvalue weighted by atomic mass is 16.6. The van der Waals surface area contributed by atoms with E-state index < -0.39 is 43.1 Å². The molecule has 2 rings (SSSR count). The molecule has 2 aromatic rings. The van der Waals surface area contributed by atoms with Crippen molar-refractivity contribution in [1.82, 2.24) is 0 Å². The summed E-state index contributed by atoms with van der Waals surface area (Å²) >= 11 is 0. The number of anilines is 1. The van der Waals surface area contributed by atoms with Crippen molar-refractivity contribution in [1.29, 1.82) is 0 Å². The van der Waals surface area contributed by atoms with Gasteiger partial charge >= 0.3 is 11.4 Å². The van der Waals surface area contributed by atoms with Crippen LogP contribution in [0.4, 0.5) is 22.7 Å². The second-order valence-electron chi connectivity index (χ2n) is 4.61. The summed E-state index contributed by atoms with van der Waals surface area (Å²) in [6, 6.07) is 9.17. The Labute approximate surface area is 134 Å². The summed E-state index contributed by atoms with van der Waals surface area (Å²) in [5.74, 6) is 0. The van der Waals surface area contributed by atoms with Crippen LogP contribution in [-0.2, 0) is 0 Å². The van der Waals surface area contributed by atoms with E-state index in [0.29, 0.717) is 11.6 Å². The van der Waals surface area contributed by atoms with Crippen molar-refractivity contribution in [2.45, 2.75) is 0 Å². The quantitative estimate of drug-likeness (QED) is 0.382. The molecule has 0 saturated heterocycles. The molecule has 10 nitrogen and oxygen atoms in total. The Kier molecular flexibility index (Phi) is 4.50. The van der Waals surface area contributed by atoms with Crippen LogP contribution in [0.25, 0.3) is 12.2 Å². The monoisotopic (exact) mass is 330 g/mol. The van der Waals surface area contributed by atoms with E-state index in [1.807, 2.05) is 0 Å². The molecule has 0 fully saturated rings. The van der Waals surface area contributed by atoms with Crippen LogP contribution in [0.15, 0.2) is 36.4 Å². The zero-order chi connectivity index (χ0) is 17.9. The SMILES string of the molecule is Nc1c([N+](=O)[O-])cc([N+](=O)[O-])c(C=Cc2ccccc2)c1[N+](=O)[O-]. The smallest absolute Gasteiger partial charge is 0.313 e. The lowest BCUT2D eigenvalue weighted by molar-refractivity contribution is -0.402. The van der Waals surface area contributed by atoms with Crippen LogP contribution < -0.4 is 5.73 Å². The van der Waals surface area contributed by atoms with Crippen LogP contribution in [0.3, 0.4) is 0 Å². The molecule has 2 aromatic carbocycles. The van der Waals surface area contributed by atoms with Crippen LogP contribution in [0.5, 0.6) is 0 Å². The summed E-state index contributed by atoms with van der Waals surface area (Å²) in [6.45, 7) is 0. The highest BCUT2D eigenvalue weighted by Gasteiger charge is 2.34. The molecule has 10 heteroatoms. The van der Waals surface area contributed by atoms with Gasteiger partial charge in [0.1, 0.15) is 5.56 Å². The zero-order valence-electron chi connectivity index (χ0n) is 12.0. The number of benzene rings is 2. The number of hydrogen-bond donors (Lipinski definition) is 1. The Bertz CT molecular complexity index is 863. The second kappa shape index (κ2) is 6.52. The number of rotatable bonds is 5. The molecule has 0 saturated carbocycles. The fourth-order valence-electron chi connectivity index (χ4n) is 2.08. The molecule has 0 radical (unpaired) electrons. The van der Waals surface area contributed by atoms with Gasteiger partial charge in [0.2, 0.25) is 0 Å². The molecular formula is C14H10N4O6. The van der Waals surface area contributed by atoms with Crippen molar-refractivity contribution in [2.24, 2.45) is 0 Å². The minimum atomic E-state index is -1.000. The van der Waals surface area contributed by atoms with Crippen LogP contribution in [0.2, 0.25) is 0 Å². The lowest BCUT2D eigenvalue weighted by atomic mass is 10.1. The molecule has 0 aliphatic heterocycles. The van der Waals surface area contributed by atoms with Gasteiger partial charge in [-0.05, 0) is 11.6 Å². The van der Waals surface area contributed by atoms with Crippen LogP contribution in [0, 0.1) is 30.3 Å². The highest BCUT2D eigenvalue weighted by molar-refractivity contribution is 5.88. The van der Waals surface area contributed by atoms with Gasteiger partial charge < -0.3 is 5.73 Å². The summed E-state index contributed by atoms with van der Waals surface area (Å²) in [4.78, 5) is 30.5. The molecular weight excluding hydrogens is 320 g/mol. The first-order valence-electron chi connectivity index (χ1n) is 6.45. The maximum Gasteiger partial charge on any atom is 0.313 e. The second-order valence-corrected chi connectivity index (χ2v) is 4.61. The Morgan fingerprint density at radius 2 is 1.42 bits per heavy atom. The molecule has 122 valence electrons. The van der Waals surface area contributed by atoms with E-state index in [1.54, 1.807) is 30.3 Å². The van der Waals surface area contributed by atoms with Crippen molar-refractivity contribution in [3.8, 4) is 0 Å². The highest BCUT2D eigenvalue weighted by Crippen LogP contribution is 2.41. The molecule has 0 heterocycles. The fourth-order valence-corrected chi connectivity index (χ4v) is 2.08. The van der Waals surface area contributed by atoms with E-state index in [-0.39, 0.29) is 0 Å². The zero-order valence-corrected chi connectivity index (χ0v) is 12.0. The molecule has 0 unspecified atom stereocenters. The van der Waals surface area contributed by atoms with Crippen molar-refractivity contribution in [2.75, 3.05) is 5.73 Å². The van der Waals surface area contributed by atoms with Gasteiger partial charge in [-0.25, -0.2) is 0 Å². The first-order chi connectivity index (χ1) is 11.3. The Hall–Kier alpha value is -3.82. The Balaban J connectivity index is 2.74. The minimum absolute atomic E-state index is 0.406. The third-order valence-electron chi connectivity index (χ3n) is 3.15. The van der Waals surface area contributed by atoms with Crippen LogP contribution in [-0.4, -0.2) is 14.8 Å². The number of nitrogen functional groups attached to an aromatic ring is 1. The Morgan fingerprint density at radius 3 is 1.92 bits per heavy atom. The maximum atomic E-state index is 11.3. The molecule has 0 amide bonds. The van der Waals surface area contributed by atoms with Gasteiger partial charge in [-0.1, -0.05) is 36.4 Å². The topological polar surface area (TPSA) is 155 Å². The van der Waals surface area contributed by atoms with Gasteiger partial charge in [0, 0.05) is 0 Å². The van der Waals surface area contributed by atoms with E-state index in [9.17, 15) is 30.3 Å². The van der Waals surface area contributed by atoms with E-state index in [1.165, 1.54) is 6.08 Å². The molecule has 0 bridgehead atoms. The number of nitrogens with two attached hydrogens (primary N) is 1. The summed E-state index contributed by atoms with van der Waals surface area (Å²) in [5, 5.41) is 33.4. The first-order valence-corrected chi connectivity index (χ1v) is 6.45. The van der Waals surface area contributed by atoms with Crippen molar-refractivity contribution in [3.63, 3.8) is 0 Å². The number of nitrogens with zero attached hydrogens (tertiary/aromatic N) is 3. The molecule has 2 N–H and O–H groups in total. The lowest BCUT2D eigenvalue weighted by Crippen LogP contribution is -2.05. The average molecular weight is 330 g/mol. The number of nitro benzene ring substituents is 3. The van der Waals surface area contributed by atoms with Crippen molar-refractivity contribution >= 4 is 34.9 Å². The normalized spacial score (nSPS) is 10.7. The van der Waals surface area contributed by atoms with Crippen molar-refractivity contribution in [3.05, 3.63) is 77.9 Å². The molecule has 0 atom stereocenters. The maximum absolute atomic E-state index is 11.3. The fraction of sp³-hybridized carbons (Fsp3) is 0.